The van der Waals surface area contributed by atoms with E-state index in [1.54, 1.807) is 46.1 Å². The van der Waals surface area contributed by atoms with E-state index >= 15 is 0 Å². The highest BCUT2D eigenvalue weighted by molar-refractivity contribution is 5.86. The molecular weight excluding hydrogens is 501 g/mol. The summed E-state index contributed by atoms with van der Waals surface area (Å²) < 4.78 is 46.2. The Labute approximate surface area is 219 Å². The number of nitrogens with zero attached hydrogens (tertiary/aromatic N) is 3. The van der Waals surface area contributed by atoms with Crippen LogP contribution in [-0.2, 0) is 9.53 Å². The predicted molar refractivity (Wildman–Crippen MR) is 137 cm³/mol. The van der Waals surface area contributed by atoms with E-state index in [4.69, 9.17) is 4.74 Å². The Hall–Kier alpha value is -4.01. The van der Waals surface area contributed by atoms with Crippen LogP contribution in [0.1, 0.15) is 45.6 Å². The quantitative estimate of drug-likeness (QED) is 0.361. The number of carbonyl (C=O) groups is 2. The largest absolute Gasteiger partial charge is 0.444 e. The highest BCUT2D eigenvalue weighted by atomic mass is 19.3. The number of ether oxygens (including phenoxy) is 1. The summed E-state index contributed by atoms with van der Waals surface area (Å²) in [5, 5.41) is 8.54. The molecule has 0 aliphatic carbocycles. The summed E-state index contributed by atoms with van der Waals surface area (Å²) in [6.45, 7) is 4.22. The van der Waals surface area contributed by atoms with E-state index in [0.29, 0.717) is 35.9 Å². The van der Waals surface area contributed by atoms with Gasteiger partial charge in [-0.1, -0.05) is 11.8 Å². The lowest BCUT2D eigenvalue weighted by atomic mass is 10.1. The Bertz CT molecular complexity index is 1210. The summed E-state index contributed by atoms with van der Waals surface area (Å²) in [6.07, 6.45) is 0.730. The molecule has 1 saturated heterocycles. The van der Waals surface area contributed by atoms with Gasteiger partial charge in [-0.3, -0.25) is 9.69 Å². The average Bonchev–Trinajstić information content (AvgIpc) is 3.18. The summed E-state index contributed by atoms with van der Waals surface area (Å²) in [7, 11) is 1.69. The summed E-state index contributed by atoms with van der Waals surface area (Å²) >= 11 is 0. The topological polar surface area (TPSA) is 108 Å². The van der Waals surface area contributed by atoms with E-state index in [-0.39, 0.29) is 12.4 Å². The van der Waals surface area contributed by atoms with Crippen LogP contribution in [0, 0.1) is 17.7 Å². The van der Waals surface area contributed by atoms with Crippen molar-refractivity contribution in [3.8, 4) is 11.8 Å². The third-order valence-corrected chi connectivity index (χ3v) is 5.33. The monoisotopic (exact) mass is 532 g/mol. The SMILES string of the molecule is CNc1nc(Nc2ccc(F)cc2)ncc1C#CCCCNC(=O)[C@@H]1CC(F)(F)CN1C(=O)OC(C)(C)C. The number of amides is 2. The summed E-state index contributed by atoms with van der Waals surface area (Å²) in [4.78, 5) is 34.2. The van der Waals surface area contributed by atoms with E-state index in [0.717, 1.165) is 4.90 Å². The van der Waals surface area contributed by atoms with Crippen molar-refractivity contribution in [1.29, 1.82) is 0 Å². The second-order valence-electron chi connectivity index (χ2n) is 9.72. The van der Waals surface area contributed by atoms with Gasteiger partial charge in [0.15, 0.2) is 0 Å². The number of unbranched alkanes of at least 4 members (excludes halogenated alkanes) is 1. The molecule has 0 spiro atoms. The molecule has 3 N–H and O–H groups in total. The minimum Gasteiger partial charge on any atom is -0.444 e. The molecule has 1 atom stereocenters. The fraction of sp³-hybridized carbons (Fsp3) is 0.462. The molecule has 9 nitrogen and oxygen atoms in total. The zero-order chi connectivity index (χ0) is 27.9. The second-order valence-corrected chi connectivity index (χ2v) is 9.72. The van der Waals surface area contributed by atoms with E-state index < -0.39 is 42.5 Å². The summed E-state index contributed by atoms with van der Waals surface area (Å²) in [5.74, 6) is 2.58. The standard InChI is InChI=1S/C26H31F3N6O3/c1-25(2,3)38-24(37)35-16-26(28,29)14-20(35)22(36)31-13-7-5-6-8-17-15-32-23(34-21(17)30-4)33-19-11-9-18(27)10-12-19/h9-12,15,20H,5,7,13-14,16H2,1-4H3,(H,31,36)(H2,30,32,33,34)/t20-/m0/s1. The van der Waals surface area contributed by atoms with Crippen LogP contribution >= 0.6 is 0 Å². The van der Waals surface area contributed by atoms with Crippen molar-refractivity contribution < 1.29 is 27.5 Å². The number of nitrogens with one attached hydrogen (secondary N) is 3. The zero-order valence-corrected chi connectivity index (χ0v) is 21.7. The lowest BCUT2D eigenvalue weighted by molar-refractivity contribution is -0.125. The smallest absolute Gasteiger partial charge is 0.411 e. The highest BCUT2D eigenvalue weighted by Crippen LogP contribution is 2.33. The molecule has 2 aromatic rings. The molecule has 204 valence electrons. The molecule has 1 aliphatic rings. The maximum absolute atomic E-state index is 14.0. The molecule has 2 amide bonds. The Kier molecular flexibility index (Phi) is 9.04. The number of hydrogen-bond donors (Lipinski definition) is 3. The van der Waals surface area contributed by atoms with Crippen molar-refractivity contribution in [3.63, 3.8) is 0 Å². The Balaban J connectivity index is 1.50. The number of rotatable bonds is 7. The van der Waals surface area contributed by atoms with Crippen LogP contribution in [0.15, 0.2) is 30.5 Å². The van der Waals surface area contributed by atoms with Crippen LogP contribution in [0.4, 0.5) is 35.4 Å². The minimum absolute atomic E-state index is 0.202. The molecular formula is C26H31F3N6O3. The molecule has 2 heterocycles. The van der Waals surface area contributed by atoms with E-state index in [2.05, 4.69) is 37.8 Å². The molecule has 0 unspecified atom stereocenters. The molecule has 1 aromatic carbocycles. The first kappa shape index (κ1) is 28.6. The number of benzene rings is 1. The molecule has 38 heavy (non-hydrogen) atoms. The van der Waals surface area contributed by atoms with Crippen molar-refractivity contribution in [2.24, 2.45) is 0 Å². The van der Waals surface area contributed by atoms with Crippen LogP contribution in [0.25, 0.3) is 0 Å². The molecule has 0 radical (unpaired) electrons. The first-order valence-corrected chi connectivity index (χ1v) is 12.1. The number of anilines is 3. The first-order chi connectivity index (χ1) is 17.9. The van der Waals surface area contributed by atoms with Crippen LogP contribution in [0.5, 0.6) is 0 Å². The predicted octanol–water partition coefficient (Wildman–Crippen LogP) is 4.29. The van der Waals surface area contributed by atoms with Crippen molar-refractivity contribution in [3.05, 3.63) is 41.8 Å². The average molecular weight is 533 g/mol. The third kappa shape index (κ3) is 8.26. The molecule has 3 rings (SSSR count). The van der Waals surface area contributed by atoms with E-state index in [1.807, 2.05) is 0 Å². The van der Waals surface area contributed by atoms with Gasteiger partial charge >= 0.3 is 6.09 Å². The van der Waals surface area contributed by atoms with Gasteiger partial charge in [-0.25, -0.2) is 22.9 Å². The summed E-state index contributed by atoms with van der Waals surface area (Å²) in [5.41, 5.74) is 0.319. The molecule has 12 heteroatoms. The van der Waals surface area contributed by atoms with Crippen molar-refractivity contribution >= 4 is 29.5 Å². The van der Waals surface area contributed by atoms with Gasteiger partial charge in [-0.05, 0) is 51.5 Å². The molecule has 1 aliphatic heterocycles. The van der Waals surface area contributed by atoms with Crippen LogP contribution < -0.4 is 16.0 Å². The first-order valence-electron chi connectivity index (χ1n) is 12.1. The Morgan fingerprint density at radius 2 is 1.95 bits per heavy atom. The zero-order valence-electron chi connectivity index (χ0n) is 21.7. The van der Waals surface area contributed by atoms with Gasteiger partial charge in [0.2, 0.25) is 11.9 Å². The van der Waals surface area contributed by atoms with Crippen LogP contribution in [-0.4, -0.2) is 64.6 Å². The van der Waals surface area contributed by atoms with Crippen molar-refractivity contribution in [2.75, 3.05) is 30.8 Å². The molecule has 0 saturated carbocycles. The van der Waals surface area contributed by atoms with Gasteiger partial charge in [0.1, 0.15) is 23.3 Å². The number of halogens is 3. The van der Waals surface area contributed by atoms with E-state index in [9.17, 15) is 22.8 Å². The maximum Gasteiger partial charge on any atom is 0.411 e. The van der Waals surface area contributed by atoms with Crippen LogP contribution in [0.3, 0.4) is 0 Å². The minimum atomic E-state index is -3.17. The summed E-state index contributed by atoms with van der Waals surface area (Å²) in [6, 6.07) is 4.48. The van der Waals surface area contributed by atoms with Gasteiger partial charge in [0.25, 0.3) is 5.92 Å². The normalized spacial score (nSPS) is 16.3. The maximum atomic E-state index is 14.0. The number of alkyl halides is 2. The third-order valence-electron chi connectivity index (χ3n) is 5.33. The number of carbonyl (C=O) groups excluding carboxylic acids is 2. The fourth-order valence-electron chi connectivity index (χ4n) is 3.61. The van der Waals surface area contributed by atoms with Crippen molar-refractivity contribution in [1.82, 2.24) is 20.2 Å². The van der Waals surface area contributed by atoms with Crippen molar-refractivity contribution in [2.45, 2.75) is 57.6 Å². The highest BCUT2D eigenvalue weighted by Gasteiger charge is 2.51. The Morgan fingerprint density at radius 1 is 1.24 bits per heavy atom. The van der Waals surface area contributed by atoms with E-state index in [1.165, 1.54) is 12.1 Å². The lowest BCUT2D eigenvalue weighted by Crippen LogP contribution is -2.47. The fourth-order valence-corrected chi connectivity index (χ4v) is 3.61. The van der Waals surface area contributed by atoms with Gasteiger partial charge in [-0.15, -0.1) is 0 Å². The Morgan fingerprint density at radius 3 is 2.61 bits per heavy atom. The number of likely N-dealkylation sites (tertiary alicyclic amines) is 1. The van der Waals surface area contributed by atoms with Gasteiger partial charge in [-0.2, -0.15) is 4.98 Å². The van der Waals surface area contributed by atoms with Crippen LogP contribution in [0.2, 0.25) is 0 Å². The second kappa shape index (κ2) is 12.0. The molecule has 1 aromatic heterocycles. The lowest BCUT2D eigenvalue weighted by Gasteiger charge is -2.27. The van der Waals surface area contributed by atoms with Gasteiger partial charge in [0.05, 0.1) is 18.3 Å². The molecule has 1 fully saturated rings. The number of aromatic nitrogens is 2. The number of hydrogen-bond acceptors (Lipinski definition) is 7. The van der Waals surface area contributed by atoms with Gasteiger partial charge < -0.3 is 20.7 Å². The molecule has 0 bridgehead atoms. The van der Waals surface area contributed by atoms with Gasteiger partial charge in [0, 0.05) is 32.1 Å².